The van der Waals surface area contributed by atoms with Crippen LogP contribution in [0.25, 0.3) is 5.69 Å². The van der Waals surface area contributed by atoms with Gasteiger partial charge in [-0.15, -0.1) is 0 Å². The van der Waals surface area contributed by atoms with Crippen molar-refractivity contribution in [2.45, 2.75) is 27.4 Å². The molecule has 0 aliphatic carbocycles. The Morgan fingerprint density at radius 1 is 1.07 bits per heavy atom. The summed E-state index contributed by atoms with van der Waals surface area (Å²) in [5.41, 5.74) is 4.83. The van der Waals surface area contributed by atoms with Crippen LogP contribution in [-0.4, -0.2) is 23.4 Å². The lowest BCUT2D eigenvalue weighted by molar-refractivity contribution is 0.285. The number of hydrogen-bond donors (Lipinski definition) is 1. The largest absolute Gasteiger partial charge is 0.493 e. The molecule has 0 spiro atoms. The number of hydrogen-bond acceptors (Lipinski definition) is 5. The van der Waals surface area contributed by atoms with Crippen molar-refractivity contribution in [1.82, 2.24) is 9.78 Å². The van der Waals surface area contributed by atoms with Gasteiger partial charge in [-0.1, -0.05) is 6.07 Å². The highest BCUT2D eigenvalue weighted by atomic mass is 16.5. The standard InChI is InChI=1S/C21H26N4O2/c1-5-26-21-8-6-7-19(24(4)22)18(21)14-27-20-10-9-17(13-15(20)2)25-12-11-16(3)23-25/h6-13H,5,14,22H2,1-4H3. The number of hydrazine groups is 1. The SMILES string of the molecule is CCOc1cccc(N(C)N)c1COc1ccc(-n2ccc(C)n2)cc1C. The minimum atomic E-state index is 0.369. The first kappa shape index (κ1) is 18.8. The zero-order chi connectivity index (χ0) is 19.4. The van der Waals surface area contributed by atoms with Crippen molar-refractivity contribution in [2.24, 2.45) is 5.84 Å². The summed E-state index contributed by atoms with van der Waals surface area (Å²) in [7, 11) is 1.81. The molecule has 6 nitrogen and oxygen atoms in total. The van der Waals surface area contributed by atoms with Gasteiger partial charge in [0.1, 0.15) is 18.1 Å². The van der Waals surface area contributed by atoms with Crippen LogP contribution in [0.5, 0.6) is 11.5 Å². The highest BCUT2D eigenvalue weighted by Crippen LogP contribution is 2.30. The molecule has 2 aromatic carbocycles. The van der Waals surface area contributed by atoms with Crippen LogP contribution in [0.3, 0.4) is 0 Å². The minimum Gasteiger partial charge on any atom is -0.493 e. The number of nitrogens with zero attached hydrogens (tertiary/aromatic N) is 3. The van der Waals surface area contributed by atoms with Crippen LogP contribution < -0.4 is 20.3 Å². The Morgan fingerprint density at radius 3 is 2.52 bits per heavy atom. The molecule has 0 atom stereocenters. The molecule has 0 aliphatic heterocycles. The smallest absolute Gasteiger partial charge is 0.128 e. The average Bonchev–Trinajstić information content (AvgIpc) is 3.08. The average molecular weight is 366 g/mol. The fourth-order valence-corrected chi connectivity index (χ4v) is 2.97. The van der Waals surface area contributed by atoms with Gasteiger partial charge in [-0.2, -0.15) is 5.10 Å². The van der Waals surface area contributed by atoms with E-state index in [9.17, 15) is 0 Å². The predicted molar refractivity (Wildman–Crippen MR) is 108 cm³/mol. The molecule has 0 aliphatic rings. The molecular formula is C21H26N4O2. The number of aromatic nitrogens is 2. The fourth-order valence-electron chi connectivity index (χ4n) is 2.97. The summed E-state index contributed by atoms with van der Waals surface area (Å²) < 4.78 is 13.7. The quantitative estimate of drug-likeness (QED) is 0.509. The molecule has 3 rings (SSSR count). The van der Waals surface area contributed by atoms with Crippen LogP contribution in [0.2, 0.25) is 0 Å². The molecule has 1 heterocycles. The molecular weight excluding hydrogens is 340 g/mol. The maximum atomic E-state index is 6.10. The van der Waals surface area contributed by atoms with Crippen molar-refractivity contribution in [3.8, 4) is 17.2 Å². The van der Waals surface area contributed by atoms with E-state index in [0.717, 1.165) is 39.7 Å². The molecule has 6 heteroatoms. The Morgan fingerprint density at radius 2 is 1.89 bits per heavy atom. The lowest BCUT2D eigenvalue weighted by Gasteiger charge is -2.20. The number of aryl methyl sites for hydroxylation is 2. The van der Waals surface area contributed by atoms with Gasteiger partial charge in [0.05, 0.1) is 29.2 Å². The molecule has 0 radical (unpaired) electrons. The highest BCUT2D eigenvalue weighted by molar-refractivity contribution is 5.58. The predicted octanol–water partition coefficient (Wildman–Crippen LogP) is 3.78. The number of nitrogens with two attached hydrogens (primary N) is 1. The van der Waals surface area contributed by atoms with E-state index >= 15 is 0 Å². The van der Waals surface area contributed by atoms with E-state index in [2.05, 4.69) is 11.2 Å². The van der Waals surface area contributed by atoms with Crippen LogP contribution in [0.15, 0.2) is 48.7 Å². The lowest BCUT2D eigenvalue weighted by Crippen LogP contribution is -2.26. The van der Waals surface area contributed by atoms with Gasteiger partial charge in [0.25, 0.3) is 0 Å². The molecule has 0 unspecified atom stereocenters. The van der Waals surface area contributed by atoms with Gasteiger partial charge < -0.3 is 14.5 Å². The van der Waals surface area contributed by atoms with Gasteiger partial charge >= 0.3 is 0 Å². The minimum absolute atomic E-state index is 0.369. The molecule has 27 heavy (non-hydrogen) atoms. The fraction of sp³-hybridized carbons (Fsp3) is 0.286. The monoisotopic (exact) mass is 366 g/mol. The summed E-state index contributed by atoms with van der Waals surface area (Å²) in [6, 6.07) is 13.8. The van der Waals surface area contributed by atoms with Gasteiger partial charge in [-0.05, 0) is 62.7 Å². The first-order chi connectivity index (χ1) is 13.0. The van der Waals surface area contributed by atoms with E-state index in [4.69, 9.17) is 15.3 Å². The van der Waals surface area contributed by atoms with Crippen molar-refractivity contribution in [2.75, 3.05) is 18.7 Å². The Bertz CT molecular complexity index is 918. The van der Waals surface area contributed by atoms with Crippen molar-refractivity contribution in [3.63, 3.8) is 0 Å². The Labute approximate surface area is 160 Å². The summed E-state index contributed by atoms with van der Waals surface area (Å²) in [6.45, 7) is 6.92. The summed E-state index contributed by atoms with van der Waals surface area (Å²) in [4.78, 5) is 0. The summed E-state index contributed by atoms with van der Waals surface area (Å²) in [5.74, 6) is 7.58. The Kier molecular flexibility index (Phi) is 5.66. The van der Waals surface area contributed by atoms with E-state index in [1.165, 1.54) is 0 Å². The molecule has 142 valence electrons. The van der Waals surface area contributed by atoms with Crippen LogP contribution in [-0.2, 0) is 6.61 Å². The van der Waals surface area contributed by atoms with Gasteiger partial charge in [0.2, 0.25) is 0 Å². The molecule has 3 aromatic rings. The second-order valence-electron chi connectivity index (χ2n) is 6.44. The molecule has 0 bridgehead atoms. The molecule has 0 amide bonds. The lowest BCUT2D eigenvalue weighted by atomic mass is 10.1. The highest BCUT2D eigenvalue weighted by Gasteiger charge is 2.13. The molecule has 2 N–H and O–H groups in total. The van der Waals surface area contributed by atoms with Crippen LogP contribution in [0, 0.1) is 13.8 Å². The van der Waals surface area contributed by atoms with E-state index < -0.39 is 0 Å². The number of anilines is 1. The maximum absolute atomic E-state index is 6.10. The van der Waals surface area contributed by atoms with Gasteiger partial charge in [0.15, 0.2) is 0 Å². The summed E-state index contributed by atoms with van der Waals surface area (Å²) in [6.07, 6.45) is 1.95. The molecule has 0 fully saturated rings. The van der Waals surface area contributed by atoms with Gasteiger partial charge in [-0.25, -0.2) is 10.5 Å². The first-order valence-corrected chi connectivity index (χ1v) is 8.98. The Hall–Kier alpha value is -2.99. The third kappa shape index (κ3) is 4.23. The van der Waals surface area contributed by atoms with Crippen molar-refractivity contribution in [1.29, 1.82) is 0 Å². The van der Waals surface area contributed by atoms with Crippen LogP contribution >= 0.6 is 0 Å². The third-order valence-corrected chi connectivity index (χ3v) is 4.31. The van der Waals surface area contributed by atoms with Crippen molar-refractivity contribution < 1.29 is 9.47 Å². The van der Waals surface area contributed by atoms with E-state index in [1.807, 2.05) is 68.0 Å². The van der Waals surface area contributed by atoms with E-state index in [-0.39, 0.29) is 0 Å². The number of rotatable bonds is 7. The van der Waals surface area contributed by atoms with Crippen molar-refractivity contribution in [3.05, 3.63) is 65.5 Å². The summed E-state index contributed by atoms with van der Waals surface area (Å²) >= 11 is 0. The zero-order valence-corrected chi connectivity index (χ0v) is 16.3. The van der Waals surface area contributed by atoms with Gasteiger partial charge in [-0.3, -0.25) is 0 Å². The second-order valence-corrected chi connectivity index (χ2v) is 6.44. The topological polar surface area (TPSA) is 65.5 Å². The molecule has 0 saturated heterocycles. The first-order valence-electron chi connectivity index (χ1n) is 8.98. The van der Waals surface area contributed by atoms with E-state index in [0.29, 0.717) is 13.2 Å². The Balaban J connectivity index is 1.83. The normalized spacial score (nSPS) is 10.7. The maximum Gasteiger partial charge on any atom is 0.128 e. The van der Waals surface area contributed by atoms with E-state index in [1.54, 1.807) is 12.1 Å². The van der Waals surface area contributed by atoms with Crippen LogP contribution in [0.4, 0.5) is 5.69 Å². The van der Waals surface area contributed by atoms with Crippen molar-refractivity contribution >= 4 is 5.69 Å². The van der Waals surface area contributed by atoms with Gasteiger partial charge in [0, 0.05) is 13.2 Å². The van der Waals surface area contributed by atoms with Crippen LogP contribution in [0.1, 0.15) is 23.7 Å². The number of benzene rings is 2. The molecule has 1 aromatic heterocycles. The molecule has 0 saturated carbocycles. The number of ether oxygens (including phenoxy) is 2. The summed E-state index contributed by atoms with van der Waals surface area (Å²) in [5, 5.41) is 6.03. The third-order valence-electron chi connectivity index (χ3n) is 4.31. The second kappa shape index (κ2) is 8.14. The zero-order valence-electron chi connectivity index (χ0n) is 16.3.